The highest BCUT2D eigenvalue weighted by molar-refractivity contribution is 7.13. The summed E-state index contributed by atoms with van der Waals surface area (Å²) in [5.41, 5.74) is 0.725. The second-order valence-corrected chi connectivity index (χ2v) is 5.07. The van der Waals surface area contributed by atoms with Crippen molar-refractivity contribution in [1.29, 1.82) is 0 Å². The van der Waals surface area contributed by atoms with Gasteiger partial charge >= 0.3 is 5.97 Å². The molecule has 1 aromatic heterocycles. The number of hydrogen-bond donors (Lipinski definition) is 1. The third-order valence-electron chi connectivity index (χ3n) is 2.44. The fraction of sp³-hybridized carbons (Fsp3) is 0.636. The normalized spacial score (nSPS) is 13.1. The van der Waals surface area contributed by atoms with Gasteiger partial charge in [0.25, 0.3) is 0 Å². The number of carbonyl (C=O) groups is 1. The first-order valence-electron chi connectivity index (χ1n) is 5.21. The Bertz CT molecular complexity index is 357. The first-order chi connectivity index (χ1) is 6.97. The van der Waals surface area contributed by atoms with Crippen LogP contribution in [0.2, 0.25) is 0 Å². The number of carboxylic acids is 1. The summed E-state index contributed by atoms with van der Waals surface area (Å²) in [6, 6.07) is 0. The van der Waals surface area contributed by atoms with Gasteiger partial charge in [0, 0.05) is 5.92 Å². The van der Waals surface area contributed by atoms with E-state index in [2.05, 4.69) is 18.8 Å². The number of nitrogens with zero attached hydrogens (tertiary/aromatic N) is 1. The molecule has 15 heavy (non-hydrogen) atoms. The second-order valence-electron chi connectivity index (χ2n) is 4.04. The van der Waals surface area contributed by atoms with Crippen LogP contribution in [0.1, 0.15) is 66.3 Å². The van der Waals surface area contributed by atoms with Gasteiger partial charge in [0.2, 0.25) is 0 Å². The minimum absolute atomic E-state index is 0.171. The molecule has 1 N–H and O–H groups in total. The molecule has 0 aromatic carbocycles. The quantitative estimate of drug-likeness (QED) is 0.856. The van der Waals surface area contributed by atoms with Crippen molar-refractivity contribution in [2.45, 2.75) is 46.0 Å². The number of thiazole rings is 1. The highest BCUT2D eigenvalue weighted by Crippen LogP contribution is 2.30. The number of carboxylic acid groups (broad SMARTS) is 1. The summed E-state index contributed by atoms with van der Waals surface area (Å²) < 4.78 is 0. The highest BCUT2D eigenvalue weighted by atomic mass is 32.1. The van der Waals surface area contributed by atoms with E-state index < -0.39 is 5.97 Å². The molecule has 0 amide bonds. The van der Waals surface area contributed by atoms with Crippen molar-refractivity contribution in [3.8, 4) is 0 Å². The first kappa shape index (κ1) is 12.2. The van der Waals surface area contributed by atoms with Gasteiger partial charge in [-0.25, -0.2) is 9.78 Å². The molecular weight excluding hydrogens is 210 g/mol. The van der Waals surface area contributed by atoms with E-state index in [4.69, 9.17) is 5.11 Å². The predicted molar refractivity (Wildman–Crippen MR) is 61.9 cm³/mol. The van der Waals surface area contributed by atoms with Crippen molar-refractivity contribution in [1.82, 2.24) is 4.98 Å². The lowest BCUT2D eigenvalue weighted by atomic mass is 10.1. The van der Waals surface area contributed by atoms with Crippen molar-refractivity contribution < 1.29 is 9.90 Å². The lowest BCUT2D eigenvalue weighted by molar-refractivity contribution is 0.0700. The Labute approximate surface area is 94.2 Å². The summed E-state index contributed by atoms with van der Waals surface area (Å²) in [5, 5.41) is 10.00. The molecule has 0 fully saturated rings. The van der Waals surface area contributed by atoms with Crippen LogP contribution in [-0.4, -0.2) is 16.1 Å². The Kier molecular flexibility index (Phi) is 3.85. The van der Waals surface area contributed by atoms with Crippen molar-refractivity contribution >= 4 is 17.3 Å². The summed E-state index contributed by atoms with van der Waals surface area (Å²) in [6.45, 7) is 8.11. The molecule has 1 aromatic rings. The van der Waals surface area contributed by atoms with Crippen LogP contribution in [0, 0.1) is 0 Å². The third-order valence-corrected chi connectivity index (χ3v) is 3.74. The van der Waals surface area contributed by atoms with Gasteiger partial charge in [0.1, 0.15) is 4.88 Å². The Hall–Kier alpha value is -0.900. The monoisotopic (exact) mass is 227 g/mol. The molecule has 0 saturated carbocycles. The Morgan fingerprint density at radius 1 is 1.47 bits per heavy atom. The van der Waals surface area contributed by atoms with Crippen LogP contribution in [0.4, 0.5) is 0 Å². The van der Waals surface area contributed by atoms with Crippen molar-refractivity contribution in [3.63, 3.8) is 0 Å². The average molecular weight is 227 g/mol. The number of aromatic nitrogens is 1. The van der Waals surface area contributed by atoms with Gasteiger partial charge in [-0.1, -0.05) is 27.7 Å². The Morgan fingerprint density at radius 3 is 2.40 bits per heavy atom. The van der Waals surface area contributed by atoms with Crippen LogP contribution in [0.15, 0.2) is 0 Å². The number of rotatable bonds is 4. The van der Waals surface area contributed by atoms with Crippen LogP contribution >= 0.6 is 11.3 Å². The van der Waals surface area contributed by atoms with Crippen molar-refractivity contribution in [2.75, 3.05) is 0 Å². The van der Waals surface area contributed by atoms with Crippen molar-refractivity contribution in [3.05, 3.63) is 15.6 Å². The maximum Gasteiger partial charge on any atom is 0.347 e. The van der Waals surface area contributed by atoms with Gasteiger partial charge in [-0.3, -0.25) is 0 Å². The minimum Gasteiger partial charge on any atom is -0.477 e. The van der Waals surface area contributed by atoms with Gasteiger partial charge in [0.05, 0.1) is 10.7 Å². The van der Waals surface area contributed by atoms with Gasteiger partial charge in [0.15, 0.2) is 0 Å². The molecular formula is C11H17NO2S. The standard InChI is InChI=1S/C11H17NO2S/c1-5-7(4)10-12-8(6(2)3)9(15-10)11(13)14/h6-7H,5H2,1-4H3,(H,13,14). The molecule has 1 rings (SSSR count). The van der Waals surface area contributed by atoms with Crippen LogP contribution in [0.25, 0.3) is 0 Å². The third kappa shape index (κ3) is 2.56. The molecule has 0 aliphatic carbocycles. The molecule has 1 unspecified atom stereocenters. The van der Waals surface area contributed by atoms with Gasteiger partial charge in [-0.2, -0.15) is 0 Å². The molecule has 0 saturated heterocycles. The van der Waals surface area contributed by atoms with Crippen LogP contribution in [0.3, 0.4) is 0 Å². The van der Waals surface area contributed by atoms with E-state index in [1.165, 1.54) is 11.3 Å². The largest absolute Gasteiger partial charge is 0.477 e. The summed E-state index contributed by atoms with van der Waals surface area (Å²) in [6.07, 6.45) is 0.990. The molecule has 0 spiro atoms. The van der Waals surface area contributed by atoms with Gasteiger partial charge in [-0.05, 0) is 12.3 Å². The van der Waals surface area contributed by atoms with E-state index in [1.807, 2.05) is 13.8 Å². The fourth-order valence-corrected chi connectivity index (χ4v) is 2.47. The van der Waals surface area contributed by atoms with Gasteiger partial charge < -0.3 is 5.11 Å². The van der Waals surface area contributed by atoms with Crippen LogP contribution in [-0.2, 0) is 0 Å². The molecule has 0 bridgehead atoms. The smallest absolute Gasteiger partial charge is 0.347 e. The van der Waals surface area contributed by atoms with E-state index in [1.54, 1.807) is 0 Å². The van der Waals surface area contributed by atoms with Crippen molar-refractivity contribution in [2.24, 2.45) is 0 Å². The fourth-order valence-electron chi connectivity index (χ4n) is 1.28. The predicted octanol–water partition coefficient (Wildman–Crippen LogP) is 3.48. The van der Waals surface area contributed by atoms with E-state index in [0.717, 1.165) is 17.1 Å². The lowest BCUT2D eigenvalue weighted by Crippen LogP contribution is -2.00. The Morgan fingerprint density at radius 2 is 2.07 bits per heavy atom. The second kappa shape index (κ2) is 4.75. The molecule has 1 heterocycles. The van der Waals surface area contributed by atoms with Crippen LogP contribution < -0.4 is 0 Å². The molecule has 1 atom stereocenters. The maximum atomic E-state index is 11.0. The topological polar surface area (TPSA) is 50.2 Å². The average Bonchev–Trinajstić information content (AvgIpc) is 2.61. The zero-order chi connectivity index (χ0) is 11.6. The lowest BCUT2D eigenvalue weighted by Gasteiger charge is -2.02. The molecule has 4 heteroatoms. The molecule has 3 nitrogen and oxygen atoms in total. The summed E-state index contributed by atoms with van der Waals surface area (Å²) >= 11 is 1.32. The zero-order valence-corrected chi connectivity index (χ0v) is 10.4. The highest BCUT2D eigenvalue weighted by Gasteiger charge is 2.21. The summed E-state index contributed by atoms with van der Waals surface area (Å²) in [5.74, 6) is -0.337. The maximum absolute atomic E-state index is 11.0. The van der Waals surface area contributed by atoms with E-state index in [-0.39, 0.29) is 5.92 Å². The minimum atomic E-state index is -0.856. The summed E-state index contributed by atoms with van der Waals surface area (Å²) in [7, 11) is 0. The van der Waals surface area contributed by atoms with Crippen LogP contribution in [0.5, 0.6) is 0 Å². The Balaban J connectivity index is 3.15. The zero-order valence-electron chi connectivity index (χ0n) is 9.57. The SMILES string of the molecule is CCC(C)c1nc(C(C)C)c(C(=O)O)s1. The van der Waals surface area contributed by atoms with E-state index in [9.17, 15) is 4.79 Å². The molecule has 0 aliphatic rings. The van der Waals surface area contributed by atoms with E-state index in [0.29, 0.717) is 10.8 Å². The summed E-state index contributed by atoms with van der Waals surface area (Å²) in [4.78, 5) is 15.9. The molecule has 0 aliphatic heterocycles. The first-order valence-corrected chi connectivity index (χ1v) is 6.02. The van der Waals surface area contributed by atoms with E-state index >= 15 is 0 Å². The molecule has 84 valence electrons. The number of aromatic carboxylic acids is 1. The number of hydrogen-bond acceptors (Lipinski definition) is 3. The molecule has 0 radical (unpaired) electrons. The van der Waals surface area contributed by atoms with Gasteiger partial charge in [-0.15, -0.1) is 11.3 Å².